The topological polar surface area (TPSA) is 101 Å². The predicted molar refractivity (Wildman–Crippen MR) is 80.3 cm³/mol. The van der Waals surface area contributed by atoms with Crippen LogP contribution in [0.1, 0.15) is 34.3 Å². The van der Waals surface area contributed by atoms with Gasteiger partial charge in [-0.25, -0.2) is 8.42 Å². The van der Waals surface area contributed by atoms with Crippen LogP contribution in [-0.2, 0) is 26.0 Å². The van der Waals surface area contributed by atoms with Crippen molar-refractivity contribution in [2.45, 2.75) is 37.2 Å². The third-order valence-electron chi connectivity index (χ3n) is 4.27. The highest BCUT2D eigenvalue weighted by atomic mass is 32.2. The molecule has 2 aliphatic heterocycles. The molecule has 8 heteroatoms. The lowest BCUT2D eigenvalue weighted by atomic mass is 10.0. The molecule has 1 atom stereocenters. The predicted octanol–water partition coefficient (Wildman–Crippen LogP) is 0.160. The van der Waals surface area contributed by atoms with Crippen molar-refractivity contribution in [1.29, 1.82) is 0 Å². The summed E-state index contributed by atoms with van der Waals surface area (Å²) in [7, 11) is -3.48. The fourth-order valence-electron chi connectivity index (χ4n) is 3.16. The molecule has 0 bridgehead atoms. The first-order chi connectivity index (χ1) is 10.7. The van der Waals surface area contributed by atoms with Crippen molar-refractivity contribution in [3.63, 3.8) is 0 Å². The summed E-state index contributed by atoms with van der Waals surface area (Å²) in [6.07, 6.45) is 1.50. The quantitative estimate of drug-likeness (QED) is 0.775. The summed E-state index contributed by atoms with van der Waals surface area (Å²) in [5, 5.41) is 2.22. The van der Waals surface area contributed by atoms with Crippen molar-refractivity contribution in [2.75, 3.05) is 6.26 Å². The first-order valence-corrected chi connectivity index (χ1v) is 9.06. The molecular weight excluding hydrogens is 320 g/mol. The number of carbonyl (C=O) groups excluding carboxylic acids is 3. The van der Waals surface area contributed by atoms with Gasteiger partial charge in [-0.1, -0.05) is 6.07 Å². The zero-order chi connectivity index (χ0) is 16.9. The smallest absolute Gasteiger partial charge is 0.255 e. The van der Waals surface area contributed by atoms with Crippen LogP contribution in [0.5, 0.6) is 0 Å². The van der Waals surface area contributed by atoms with Crippen molar-refractivity contribution in [3.05, 3.63) is 28.8 Å². The summed E-state index contributed by atoms with van der Waals surface area (Å²) < 4.78 is 23.9. The van der Waals surface area contributed by atoms with Gasteiger partial charge in [0.1, 0.15) is 6.04 Å². The Labute approximate surface area is 133 Å². The Bertz CT molecular complexity index is 844. The molecule has 1 aromatic rings. The van der Waals surface area contributed by atoms with Crippen molar-refractivity contribution < 1.29 is 22.8 Å². The lowest BCUT2D eigenvalue weighted by Crippen LogP contribution is -2.52. The van der Waals surface area contributed by atoms with Crippen LogP contribution in [0.25, 0.3) is 0 Å². The average Bonchev–Trinajstić information content (AvgIpc) is 2.76. The van der Waals surface area contributed by atoms with Crippen LogP contribution >= 0.6 is 0 Å². The molecule has 2 aliphatic rings. The van der Waals surface area contributed by atoms with E-state index in [1.807, 2.05) is 0 Å². The number of benzene rings is 1. The Morgan fingerprint density at radius 1 is 1.22 bits per heavy atom. The fourth-order valence-corrected chi connectivity index (χ4v) is 4.09. The Morgan fingerprint density at radius 3 is 2.52 bits per heavy atom. The lowest BCUT2D eigenvalue weighted by molar-refractivity contribution is -0.136. The molecule has 1 aromatic carbocycles. The van der Waals surface area contributed by atoms with E-state index in [1.54, 1.807) is 13.0 Å². The molecule has 0 radical (unpaired) electrons. The van der Waals surface area contributed by atoms with Crippen LogP contribution in [0.2, 0.25) is 0 Å². The number of fused-ring (bicyclic) bond motifs is 1. The molecule has 1 fully saturated rings. The van der Waals surface area contributed by atoms with E-state index in [1.165, 1.54) is 11.0 Å². The number of imide groups is 1. The van der Waals surface area contributed by atoms with Gasteiger partial charge in [-0.15, -0.1) is 0 Å². The summed E-state index contributed by atoms with van der Waals surface area (Å²) in [6.45, 7) is 1.79. The number of amides is 3. The molecule has 1 N–H and O–H groups in total. The molecule has 23 heavy (non-hydrogen) atoms. The van der Waals surface area contributed by atoms with Crippen molar-refractivity contribution in [1.82, 2.24) is 10.2 Å². The molecule has 1 unspecified atom stereocenters. The third kappa shape index (κ3) is 2.52. The van der Waals surface area contributed by atoms with Crippen LogP contribution < -0.4 is 5.32 Å². The number of carbonyl (C=O) groups is 3. The first kappa shape index (κ1) is 15.7. The van der Waals surface area contributed by atoms with Crippen LogP contribution in [0, 0.1) is 6.92 Å². The van der Waals surface area contributed by atoms with Crippen LogP contribution in [0.4, 0.5) is 0 Å². The number of piperidine rings is 1. The number of sulfone groups is 1. The van der Waals surface area contributed by atoms with Gasteiger partial charge in [0.15, 0.2) is 9.84 Å². The van der Waals surface area contributed by atoms with E-state index in [2.05, 4.69) is 5.32 Å². The summed E-state index contributed by atoms with van der Waals surface area (Å²) in [6, 6.07) is 2.34. The van der Waals surface area contributed by atoms with E-state index in [4.69, 9.17) is 0 Å². The highest BCUT2D eigenvalue weighted by Crippen LogP contribution is 2.33. The van der Waals surface area contributed by atoms with E-state index >= 15 is 0 Å². The second-order valence-corrected chi connectivity index (χ2v) is 7.89. The van der Waals surface area contributed by atoms with Gasteiger partial charge in [-0.2, -0.15) is 0 Å². The standard InChI is InChI=1S/C15H16N2O5S/c1-8-3-5-11(23(2,21)22)9-7-17(15(20)13(8)9)10-4-6-12(18)16-14(10)19/h3,5,10H,4,6-7H2,1-2H3,(H,16,18,19). The van der Waals surface area contributed by atoms with Gasteiger partial charge in [0.2, 0.25) is 11.8 Å². The molecule has 3 amide bonds. The average molecular weight is 336 g/mol. The maximum atomic E-state index is 12.7. The second kappa shape index (κ2) is 5.16. The third-order valence-corrected chi connectivity index (χ3v) is 5.45. The van der Waals surface area contributed by atoms with Gasteiger partial charge >= 0.3 is 0 Å². The van der Waals surface area contributed by atoms with Gasteiger partial charge in [0.05, 0.1) is 4.90 Å². The summed E-state index contributed by atoms with van der Waals surface area (Å²) in [4.78, 5) is 37.4. The highest BCUT2D eigenvalue weighted by Gasteiger charge is 2.41. The summed E-state index contributed by atoms with van der Waals surface area (Å²) in [5.74, 6) is -1.23. The number of rotatable bonds is 2. The molecule has 0 spiro atoms. The highest BCUT2D eigenvalue weighted by molar-refractivity contribution is 7.90. The zero-order valence-corrected chi connectivity index (χ0v) is 13.6. The zero-order valence-electron chi connectivity index (χ0n) is 12.8. The molecule has 2 heterocycles. The Morgan fingerprint density at radius 2 is 1.91 bits per heavy atom. The van der Waals surface area contributed by atoms with Crippen molar-refractivity contribution in [2.24, 2.45) is 0 Å². The van der Waals surface area contributed by atoms with E-state index < -0.39 is 21.8 Å². The Kier molecular flexibility index (Phi) is 3.51. The summed E-state index contributed by atoms with van der Waals surface area (Å²) in [5.41, 5.74) is 1.45. The molecule has 122 valence electrons. The maximum Gasteiger partial charge on any atom is 0.255 e. The van der Waals surface area contributed by atoms with E-state index in [9.17, 15) is 22.8 Å². The van der Waals surface area contributed by atoms with E-state index in [0.29, 0.717) is 16.7 Å². The van der Waals surface area contributed by atoms with E-state index in [-0.39, 0.29) is 36.1 Å². The number of nitrogens with one attached hydrogen (secondary N) is 1. The van der Waals surface area contributed by atoms with Crippen LogP contribution in [0.3, 0.4) is 0 Å². The Balaban J connectivity index is 2.04. The molecule has 0 saturated carbocycles. The van der Waals surface area contributed by atoms with Gasteiger partial charge in [-0.05, 0) is 25.0 Å². The monoisotopic (exact) mass is 336 g/mol. The lowest BCUT2D eigenvalue weighted by Gasteiger charge is -2.29. The van der Waals surface area contributed by atoms with E-state index in [0.717, 1.165) is 6.26 Å². The fraction of sp³-hybridized carbons (Fsp3) is 0.400. The number of hydrogen-bond acceptors (Lipinski definition) is 5. The number of hydrogen-bond donors (Lipinski definition) is 1. The molecule has 0 aromatic heterocycles. The molecule has 1 saturated heterocycles. The van der Waals surface area contributed by atoms with Gasteiger partial charge in [0, 0.05) is 30.3 Å². The normalized spacial score (nSPS) is 21.4. The SMILES string of the molecule is Cc1ccc(S(C)(=O)=O)c2c1C(=O)N(C1CCC(=O)NC1=O)C2. The number of aryl methyl sites for hydroxylation is 1. The van der Waals surface area contributed by atoms with Gasteiger partial charge < -0.3 is 4.90 Å². The van der Waals surface area contributed by atoms with Crippen molar-refractivity contribution in [3.8, 4) is 0 Å². The van der Waals surface area contributed by atoms with Crippen LogP contribution in [-0.4, -0.2) is 43.3 Å². The summed E-state index contributed by atoms with van der Waals surface area (Å²) >= 11 is 0. The molecule has 0 aliphatic carbocycles. The molecular formula is C15H16N2O5S. The Hall–Kier alpha value is -2.22. The molecule has 3 rings (SSSR count). The van der Waals surface area contributed by atoms with Crippen LogP contribution in [0.15, 0.2) is 17.0 Å². The minimum Gasteiger partial charge on any atom is -0.322 e. The first-order valence-electron chi connectivity index (χ1n) is 7.17. The number of nitrogens with zero attached hydrogens (tertiary/aromatic N) is 1. The minimum absolute atomic E-state index is 0.0600. The van der Waals surface area contributed by atoms with Gasteiger partial charge in [0.25, 0.3) is 5.91 Å². The van der Waals surface area contributed by atoms with Crippen molar-refractivity contribution >= 4 is 27.6 Å². The second-order valence-electron chi connectivity index (χ2n) is 5.91. The maximum absolute atomic E-state index is 12.7. The largest absolute Gasteiger partial charge is 0.322 e. The molecule has 7 nitrogen and oxygen atoms in total. The minimum atomic E-state index is -3.48. The van der Waals surface area contributed by atoms with Gasteiger partial charge in [-0.3, -0.25) is 19.7 Å².